The molecule has 0 aliphatic carbocycles. The second kappa shape index (κ2) is 9.62. The summed E-state index contributed by atoms with van der Waals surface area (Å²) in [5.74, 6) is 1.03. The number of fused-ring (bicyclic) bond motifs is 1. The number of aryl methyl sites for hydroxylation is 1. The number of H-pyrrole nitrogens is 1. The number of ether oxygens (including phenoxy) is 2. The van der Waals surface area contributed by atoms with Crippen molar-refractivity contribution in [3.63, 3.8) is 0 Å². The summed E-state index contributed by atoms with van der Waals surface area (Å²) in [6.45, 7) is 3.10. The molecule has 4 rings (SSSR count). The standard InChI is InChI=1S/C23H26N4O5S/c1-13-18-21(29)25-12-26-22(18)33-19(13)23(30)27-8-6-14(7-9-27)20(28)24-11-15-4-5-16(31-2)10-17(15)32-3/h4-5,10,12,14H,6-9,11H2,1-3H3,(H,24,28)(H,25,26,29). The predicted molar refractivity (Wildman–Crippen MR) is 125 cm³/mol. The number of aromatic nitrogens is 2. The lowest BCUT2D eigenvalue weighted by molar-refractivity contribution is -0.126. The highest BCUT2D eigenvalue weighted by Crippen LogP contribution is 2.29. The highest BCUT2D eigenvalue weighted by Gasteiger charge is 2.30. The Morgan fingerprint density at radius 3 is 2.67 bits per heavy atom. The molecule has 2 aromatic heterocycles. The van der Waals surface area contributed by atoms with Crippen molar-refractivity contribution >= 4 is 33.4 Å². The fraction of sp³-hybridized carbons (Fsp3) is 0.391. The average molecular weight is 471 g/mol. The van der Waals surface area contributed by atoms with Crippen molar-refractivity contribution in [3.05, 3.63) is 50.9 Å². The van der Waals surface area contributed by atoms with E-state index in [0.717, 1.165) is 5.56 Å². The van der Waals surface area contributed by atoms with Crippen molar-refractivity contribution in [3.8, 4) is 11.5 Å². The van der Waals surface area contributed by atoms with Gasteiger partial charge in [0.2, 0.25) is 5.91 Å². The third kappa shape index (κ3) is 4.56. The van der Waals surface area contributed by atoms with Gasteiger partial charge in [-0.1, -0.05) is 0 Å². The molecule has 2 amide bonds. The van der Waals surface area contributed by atoms with E-state index in [1.807, 2.05) is 12.1 Å². The number of rotatable bonds is 6. The van der Waals surface area contributed by atoms with E-state index in [1.165, 1.54) is 17.7 Å². The summed E-state index contributed by atoms with van der Waals surface area (Å²) >= 11 is 1.24. The van der Waals surface area contributed by atoms with Crippen molar-refractivity contribution in [1.82, 2.24) is 20.2 Å². The van der Waals surface area contributed by atoms with Gasteiger partial charge >= 0.3 is 0 Å². The molecule has 0 saturated carbocycles. The SMILES string of the molecule is COc1ccc(CNC(=O)C2CCN(C(=O)c3sc4nc[nH]c(=O)c4c3C)CC2)c(OC)c1. The molecule has 0 atom stereocenters. The van der Waals surface area contributed by atoms with Crippen LogP contribution >= 0.6 is 11.3 Å². The maximum absolute atomic E-state index is 13.1. The molecule has 1 fully saturated rings. The number of methoxy groups -OCH3 is 2. The third-order valence-corrected chi connectivity index (χ3v) is 7.22. The molecule has 33 heavy (non-hydrogen) atoms. The number of thiophene rings is 1. The van der Waals surface area contributed by atoms with Crippen LogP contribution in [0.4, 0.5) is 0 Å². The summed E-state index contributed by atoms with van der Waals surface area (Å²) in [7, 11) is 3.17. The second-order valence-corrected chi connectivity index (χ2v) is 8.93. The van der Waals surface area contributed by atoms with E-state index in [-0.39, 0.29) is 23.3 Å². The number of carbonyl (C=O) groups is 2. The predicted octanol–water partition coefficient (Wildman–Crippen LogP) is 2.48. The Morgan fingerprint density at radius 1 is 1.24 bits per heavy atom. The van der Waals surface area contributed by atoms with Gasteiger partial charge in [-0.25, -0.2) is 4.98 Å². The summed E-state index contributed by atoms with van der Waals surface area (Å²) in [5.41, 5.74) is 1.28. The minimum Gasteiger partial charge on any atom is -0.497 e. The molecule has 0 unspecified atom stereocenters. The van der Waals surface area contributed by atoms with Gasteiger partial charge in [-0.2, -0.15) is 0 Å². The van der Waals surface area contributed by atoms with Gasteiger partial charge in [-0.3, -0.25) is 14.4 Å². The number of likely N-dealkylation sites (tertiary alicyclic amines) is 1. The number of aromatic amines is 1. The summed E-state index contributed by atoms with van der Waals surface area (Å²) < 4.78 is 10.6. The molecule has 3 aromatic rings. The molecule has 1 aromatic carbocycles. The first-order chi connectivity index (χ1) is 15.9. The molecule has 1 saturated heterocycles. The Hall–Kier alpha value is -3.40. The van der Waals surface area contributed by atoms with Crippen LogP contribution in [0.15, 0.2) is 29.3 Å². The van der Waals surface area contributed by atoms with Gasteiger partial charge in [0.15, 0.2) is 0 Å². The number of nitrogens with zero attached hydrogens (tertiary/aromatic N) is 2. The van der Waals surface area contributed by atoms with E-state index in [2.05, 4.69) is 15.3 Å². The van der Waals surface area contributed by atoms with E-state index in [0.29, 0.717) is 64.6 Å². The van der Waals surface area contributed by atoms with Crippen LogP contribution in [0.2, 0.25) is 0 Å². The molecule has 0 bridgehead atoms. The van der Waals surface area contributed by atoms with Crippen molar-refractivity contribution in [1.29, 1.82) is 0 Å². The molecule has 1 aliphatic heterocycles. The summed E-state index contributed by atoms with van der Waals surface area (Å²) in [4.78, 5) is 47.5. The van der Waals surface area contributed by atoms with Crippen LogP contribution in [0.1, 0.15) is 33.6 Å². The molecule has 0 spiro atoms. The monoisotopic (exact) mass is 470 g/mol. The van der Waals surface area contributed by atoms with Gasteiger partial charge in [-0.05, 0) is 37.5 Å². The van der Waals surface area contributed by atoms with Gasteiger partial charge in [0, 0.05) is 37.2 Å². The zero-order valence-electron chi connectivity index (χ0n) is 18.8. The van der Waals surface area contributed by atoms with Crippen LogP contribution in [-0.4, -0.2) is 54.0 Å². The van der Waals surface area contributed by atoms with Crippen molar-refractivity contribution in [2.24, 2.45) is 5.92 Å². The summed E-state index contributed by atoms with van der Waals surface area (Å²) in [6.07, 6.45) is 2.51. The Bertz CT molecular complexity index is 1240. The van der Waals surface area contributed by atoms with Crippen LogP contribution in [0, 0.1) is 12.8 Å². The number of hydrogen-bond acceptors (Lipinski definition) is 7. The smallest absolute Gasteiger partial charge is 0.264 e. The molecule has 10 heteroatoms. The molecule has 9 nitrogen and oxygen atoms in total. The summed E-state index contributed by atoms with van der Waals surface area (Å²) in [6, 6.07) is 5.48. The van der Waals surface area contributed by atoms with Gasteiger partial charge in [0.25, 0.3) is 11.5 Å². The molecule has 3 heterocycles. The fourth-order valence-corrected chi connectivity index (χ4v) is 5.21. The molecule has 0 radical (unpaired) electrons. The zero-order chi connectivity index (χ0) is 23.5. The van der Waals surface area contributed by atoms with Crippen LogP contribution < -0.4 is 20.3 Å². The third-order valence-electron chi connectivity index (χ3n) is 6.03. The molecular formula is C23H26N4O5S. The van der Waals surface area contributed by atoms with Gasteiger partial charge < -0.3 is 24.7 Å². The van der Waals surface area contributed by atoms with Crippen molar-refractivity contribution in [2.45, 2.75) is 26.3 Å². The number of nitrogens with one attached hydrogen (secondary N) is 2. The van der Waals surface area contributed by atoms with Gasteiger partial charge in [-0.15, -0.1) is 11.3 Å². The number of benzene rings is 1. The Morgan fingerprint density at radius 2 is 2.00 bits per heavy atom. The first-order valence-electron chi connectivity index (χ1n) is 10.7. The fourth-order valence-electron chi connectivity index (χ4n) is 4.10. The first-order valence-corrected chi connectivity index (χ1v) is 11.5. The van der Waals surface area contributed by atoms with E-state index in [1.54, 1.807) is 32.1 Å². The Labute approximate surface area is 194 Å². The molecule has 1 aliphatic rings. The van der Waals surface area contributed by atoms with Crippen LogP contribution in [-0.2, 0) is 11.3 Å². The number of carbonyl (C=O) groups excluding carboxylic acids is 2. The molecule has 2 N–H and O–H groups in total. The Kier molecular flexibility index (Phi) is 6.64. The van der Waals surface area contributed by atoms with Crippen molar-refractivity contribution in [2.75, 3.05) is 27.3 Å². The molecular weight excluding hydrogens is 444 g/mol. The maximum atomic E-state index is 13.1. The van der Waals surface area contributed by atoms with E-state index in [4.69, 9.17) is 9.47 Å². The van der Waals surface area contributed by atoms with E-state index in [9.17, 15) is 14.4 Å². The average Bonchev–Trinajstić information content (AvgIpc) is 3.19. The Balaban J connectivity index is 1.36. The molecule has 174 valence electrons. The minimum atomic E-state index is -0.239. The topological polar surface area (TPSA) is 114 Å². The van der Waals surface area contributed by atoms with Crippen LogP contribution in [0.25, 0.3) is 10.2 Å². The van der Waals surface area contributed by atoms with Gasteiger partial charge in [0.05, 0.1) is 30.8 Å². The number of hydrogen-bond donors (Lipinski definition) is 2. The maximum Gasteiger partial charge on any atom is 0.264 e. The highest BCUT2D eigenvalue weighted by molar-refractivity contribution is 7.20. The lowest BCUT2D eigenvalue weighted by atomic mass is 9.95. The summed E-state index contributed by atoms with van der Waals surface area (Å²) in [5, 5.41) is 3.45. The number of piperidine rings is 1. The number of amides is 2. The van der Waals surface area contributed by atoms with Crippen molar-refractivity contribution < 1.29 is 19.1 Å². The van der Waals surface area contributed by atoms with E-state index < -0.39 is 0 Å². The largest absolute Gasteiger partial charge is 0.497 e. The van der Waals surface area contributed by atoms with E-state index >= 15 is 0 Å². The quantitative estimate of drug-likeness (QED) is 0.572. The zero-order valence-corrected chi connectivity index (χ0v) is 19.6. The minimum absolute atomic E-state index is 0.0336. The lowest BCUT2D eigenvalue weighted by Gasteiger charge is -2.31. The normalized spacial score (nSPS) is 14.3. The van der Waals surface area contributed by atoms with Crippen LogP contribution in [0.3, 0.4) is 0 Å². The highest BCUT2D eigenvalue weighted by atomic mass is 32.1. The lowest BCUT2D eigenvalue weighted by Crippen LogP contribution is -2.42. The second-order valence-electron chi connectivity index (χ2n) is 7.93. The first kappa shape index (κ1) is 22.8. The van der Waals surface area contributed by atoms with Crippen LogP contribution in [0.5, 0.6) is 11.5 Å². The van der Waals surface area contributed by atoms with Gasteiger partial charge in [0.1, 0.15) is 16.3 Å².